The Balaban J connectivity index is 1.52. The fourth-order valence-electron chi connectivity index (χ4n) is 3.49. The van der Waals surface area contributed by atoms with Crippen LogP contribution in [-0.4, -0.2) is 31.4 Å². The lowest BCUT2D eigenvalue weighted by molar-refractivity contribution is 0.256. The highest BCUT2D eigenvalue weighted by atomic mass is 19.1. The van der Waals surface area contributed by atoms with Crippen molar-refractivity contribution in [2.75, 3.05) is 11.9 Å². The van der Waals surface area contributed by atoms with Crippen molar-refractivity contribution >= 4 is 17.3 Å². The molecule has 0 amide bonds. The summed E-state index contributed by atoms with van der Waals surface area (Å²) in [6, 6.07) is 12.8. The molecule has 174 valence electrons. The van der Waals surface area contributed by atoms with E-state index in [-0.39, 0.29) is 18.2 Å². The molecule has 0 saturated heterocycles. The minimum Gasteiger partial charge on any atom is -0.508 e. The number of aliphatic hydroxyl groups is 1. The normalized spacial score (nSPS) is 11.8. The molecule has 7 nitrogen and oxygen atoms in total. The van der Waals surface area contributed by atoms with Gasteiger partial charge in [0.05, 0.1) is 12.6 Å². The molecule has 1 atom stereocenters. The maximum atomic E-state index is 13.2. The van der Waals surface area contributed by atoms with Gasteiger partial charge >= 0.3 is 0 Å². The van der Waals surface area contributed by atoms with Crippen LogP contribution in [0.5, 0.6) is 5.75 Å². The zero-order chi connectivity index (χ0) is 24.2. The first kappa shape index (κ1) is 23.0. The smallest absolute Gasteiger partial charge is 0.229 e. The molecule has 4 N–H and O–H groups in total. The standard InChI is InChI=1S/C26H26FN5O2/c1-16-4-5-19(12-24(16)34)23(15-33)29-18(3)20-10-11-32(14-20)25-17(2)13-28-26(31-25)30-22-8-6-21(27)7-9-22/h4-14,23,29,33-34H,3,15H2,1-2H3,(H,28,30,31)/t23-/m1/s1. The second-order valence-electron chi connectivity index (χ2n) is 8.04. The zero-order valence-electron chi connectivity index (χ0n) is 19.0. The molecule has 8 heteroatoms. The number of aromatic hydroxyl groups is 1. The molecule has 0 radical (unpaired) electrons. The number of aryl methyl sites for hydroxylation is 2. The highest BCUT2D eigenvalue weighted by molar-refractivity contribution is 5.62. The molecular formula is C26H26FN5O2. The number of phenols is 1. The van der Waals surface area contributed by atoms with Crippen LogP contribution in [-0.2, 0) is 0 Å². The van der Waals surface area contributed by atoms with Gasteiger partial charge in [0.1, 0.15) is 17.4 Å². The molecule has 34 heavy (non-hydrogen) atoms. The molecular weight excluding hydrogens is 433 g/mol. The summed E-state index contributed by atoms with van der Waals surface area (Å²) in [6.45, 7) is 7.68. The predicted molar refractivity (Wildman–Crippen MR) is 131 cm³/mol. The van der Waals surface area contributed by atoms with Crippen LogP contribution in [0, 0.1) is 19.7 Å². The summed E-state index contributed by atoms with van der Waals surface area (Å²) in [5.41, 5.74) is 4.52. The zero-order valence-corrected chi connectivity index (χ0v) is 19.0. The summed E-state index contributed by atoms with van der Waals surface area (Å²) in [6.07, 6.45) is 5.46. The van der Waals surface area contributed by atoms with E-state index in [0.717, 1.165) is 22.3 Å². The molecule has 0 saturated carbocycles. The Hall–Kier alpha value is -4.17. The van der Waals surface area contributed by atoms with Gasteiger partial charge in [-0.05, 0) is 61.4 Å². The summed E-state index contributed by atoms with van der Waals surface area (Å²) < 4.78 is 15.0. The number of hydrogen-bond acceptors (Lipinski definition) is 6. The van der Waals surface area contributed by atoms with Crippen molar-refractivity contribution in [1.29, 1.82) is 0 Å². The fraction of sp³-hybridized carbons (Fsp3) is 0.154. The van der Waals surface area contributed by atoms with Crippen LogP contribution in [0.2, 0.25) is 0 Å². The molecule has 2 aromatic carbocycles. The minimum absolute atomic E-state index is 0.161. The van der Waals surface area contributed by atoms with Crippen LogP contribution in [0.4, 0.5) is 16.0 Å². The van der Waals surface area contributed by atoms with Crippen molar-refractivity contribution in [3.8, 4) is 11.6 Å². The van der Waals surface area contributed by atoms with E-state index in [1.54, 1.807) is 24.4 Å². The summed E-state index contributed by atoms with van der Waals surface area (Å²) in [5, 5.41) is 26.2. The Morgan fingerprint density at radius 3 is 2.59 bits per heavy atom. The van der Waals surface area contributed by atoms with Crippen LogP contribution in [0.25, 0.3) is 11.5 Å². The van der Waals surface area contributed by atoms with Crippen LogP contribution in [0.1, 0.15) is 28.3 Å². The Kier molecular flexibility index (Phi) is 6.60. The number of phenolic OH excluding ortho intramolecular Hbond substituents is 1. The molecule has 0 aliphatic heterocycles. The average molecular weight is 460 g/mol. The monoisotopic (exact) mass is 459 g/mol. The van der Waals surface area contributed by atoms with Gasteiger partial charge in [0, 0.05) is 41.1 Å². The van der Waals surface area contributed by atoms with Gasteiger partial charge in [-0.1, -0.05) is 18.7 Å². The predicted octanol–water partition coefficient (Wildman–Crippen LogP) is 4.77. The number of anilines is 2. The molecule has 0 fully saturated rings. The van der Waals surface area contributed by atoms with Crippen molar-refractivity contribution in [1.82, 2.24) is 19.9 Å². The fourth-order valence-corrected chi connectivity index (χ4v) is 3.49. The third-order valence-electron chi connectivity index (χ3n) is 5.50. The molecule has 0 bridgehead atoms. The average Bonchev–Trinajstić information content (AvgIpc) is 3.32. The Bertz CT molecular complexity index is 1320. The van der Waals surface area contributed by atoms with Gasteiger partial charge in [-0.15, -0.1) is 0 Å². The molecule has 0 aliphatic carbocycles. The first-order chi connectivity index (χ1) is 16.3. The third kappa shape index (κ3) is 5.07. The number of aromatic nitrogens is 3. The first-order valence-electron chi connectivity index (χ1n) is 10.7. The first-order valence-corrected chi connectivity index (χ1v) is 10.7. The van der Waals surface area contributed by atoms with Crippen molar-refractivity contribution in [3.63, 3.8) is 0 Å². The number of hydrogen-bond donors (Lipinski definition) is 4. The molecule has 4 rings (SSSR count). The molecule has 0 aliphatic rings. The van der Waals surface area contributed by atoms with Crippen LogP contribution in [0.3, 0.4) is 0 Å². The molecule has 2 aromatic heterocycles. The van der Waals surface area contributed by atoms with Crippen LogP contribution < -0.4 is 10.6 Å². The van der Waals surface area contributed by atoms with Gasteiger partial charge in [-0.25, -0.2) is 9.37 Å². The number of aliphatic hydroxyl groups excluding tert-OH is 1. The molecule has 0 unspecified atom stereocenters. The SMILES string of the molecule is C=C(N[C@H](CO)c1ccc(C)c(O)c1)c1ccn(-c2nc(Nc3ccc(F)cc3)ncc2C)c1. The number of benzene rings is 2. The largest absolute Gasteiger partial charge is 0.508 e. The van der Waals surface area contributed by atoms with Crippen LogP contribution >= 0.6 is 0 Å². The van der Waals surface area contributed by atoms with Crippen molar-refractivity contribution in [2.45, 2.75) is 19.9 Å². The Labute approximate surface area is 197 Å². The Morgan fingerprint density at radius 1 is 1.12 bits per heavy atom. The van der Waals surface area contributed by atoms with Gasteiger partial charge in [-0.3, -0.25) is 0 Å². The Morgan fingerprint density at radius 2 is 1.88 bits per heavy atom. The topological polar surface area (TPSA) is 95.2 Å². The summed E-state index contributed by atoms with van der Waals surface area (Å²) >= 11 is 0. The lowest BCUT2D eigenvalue weighted by Gasteiger charge is -2.20. The number of nitrogens with zero attached hydrogens (tertiary/aromatic N) is 3. The lowest BCUT2D eigenvalue weighted by atomic mass is 10.0. The summed E-state index contributed by atoms with van der Waals surface area (Å²) in [4.78, 5) is 8.92. The summed E-state index contributed by atoms with van der Waals surface area (Å²) in [5.74, 6) is 0.936. The van der Waals surface area contributed by atoms with Crippen molar-refractivity contribution in [3.05, 3.63) is 102 Å². The van der Waals surface area contributed by atoms with Crippen LogP contribution in [0.15, 0.2) is 73.7 Å². The van der Waals surface area contributed by atoms with E-state index in [9.17, 15) is 14.6 Å². The second kappa shape index (κ2) is 9.76. The number of nitrogens with one attached hydrogen (secondary N) is 2. The van der Waals surface area contributed by atoms with E-state index < -0.39 is 6.04 Å². The minimum atomic E-state index is -0.422. The van der Waals surface area contributed by atoms with E-state index in [1.165, 1.54) is 12.1 Å². The molecule has 2 heterocycles. The van der Waals surface area contributed by atoms with E-state index in [4.69, 9.17) is 0 Å². The maximum absolute atomic E-state index is 13.2. The van der Waals surface area contributed by atoms with Crippen molar-refractivity contribution in [2.24, 2.45) is 0 Å². The second-order valence-corrected chi connectivity index (χ2v) is 8.04. The van der Waals surface area contributed by atoms with Gasteiger partial charge in [0.15, 0.2) is 0 Å². The molecule has 4 aromatic rings. The quantitative estimate of drug-likeness (QED) is 0.303. The van der Waals surface area contributed by atoms with Gasteiger partial charge in [-0.2, -0.15) is 4.98 Å². The van der Waals surface area contributed by atoms with Gasteiger partial charge in [0.2, 0.25) is 5.95 Å². The molecule has 0 spiro atoms. The number of halogens is 1. The van der Waals surface area contributed by atoms with E-state index in [0.29, 0.717) is 23.2 Å². The maximum Gasteiger partial charge on any atom is 0.229 e. The van der Waals surface area contributed by atoms with Gasteiger partial charge < -0.3 is 25.4 Å². The summed E-state index contributed by atoms with van der Waals surface area (Å²) in [7, 11) is 0. The van der Waals surface area contributed by atoms with Gasteiger partial charge in [0.25, 0.3) is 0 Å². The van der Waals surface area contributed by atoms with E-state index in [1.807, 2.05) is 49.0 Å². The number of rotatable bonds is 8. The van der Waals surface area contributed by atoms with Crippen molar-refractivity contribution < 1.29 is 14.6 Å². The third-order valence-corrected chi connectivity index (χ3v) is 5.50. The highest BCUT2D eigenvalue weighted by Gasteiger charge is 2.15. The highest BCUT2D eigenvalue weighted by Crippen LogP contribution is 2.25. The van der Waals surface area contributed by atoms with E-state index in [2.05, 4.69) is 27.2 Å². The van der Waals surface area contributed by atoms with E-state index >= 15 is 0 Å². The lowest BCUT2D eigenvalue weighted by Crippen LogP contribution is -2.22.